The van der Waals surface area contributed by atoms with Gasteiger partial charge in [-0.15, -0.1) is 0 Å². The maximum atomic E-state index is 11.5. The number of hydrogen-bond donors (Lipinski definition) is 1. The fourth-order valence-corrected chi connectivity index (χ4v) is 3.56. The molecule has 0 aliphatic heterocycles. The summed E-state index contributed by atoms with van der Waals surface area (Å²) in [6.07, 6.45) is 3.71. The van der Waals surface area contributed by atoms with Crippen molar-refractivity contribution in [2.45, 2.75) is 39.5 Å². The number of methoxy groups -OCH3 is 1. The van der Waals surface area contributed by atoms with Crippen LogP contribution in [0.4, 0.5) is 0 Å². The van der Waals surface area contributed by atoms with Crippen molar-refractivity contribution in [1.82, 2.24) is 0 Å². The summed E-state index contributed by atoms with van der Waals surface area (Å²) in [5.41, 5.74) is 1.18. The Labute approximate surface area is 127 Å². The third kappa shape index (κ3) is 3.99. The summed E-state index contributed by atoms with van der Waals surface area (Å²) in [5, 5.41) is 9.49. The van der Waals surface area contributed by atoms with Gasteiger partial charge in [-0.1, -0.05) is 26.0 Å². The smallest absolute Gasteiger partial charge is 0.306 e. The molecule has 1 aromatic rings. The SMILES string of the molecule is COc1cccc(CC2CC(C(C)C)CCC2C(=O)O)c1. The van der Waals surface area contributed by atoms with Gasteiger partial charge in [0.2, 0.25) is 0 Å². The van der Waals surface area contributed by atoms with Crippen LogP contribution in [0.2, 0.25) is 0 Å². The molecule has 2 rings (SSSR count). The molecule has 3 atom stereocenters. The summed E-state index contributed by atoms with van der Waals surface area (Å²) in [4.78, 5) is 11.5. The Bertz CT molecular complexity index is 481. The molecule has 1 aromatic carbocycles. The average Bonchev–Trinajstić information content (AvgIpc) is 2.47. The molecule has 1 N–H and O–H groups in total. The molecular formula is C18H26O3. The molecule has 0 amide bonds. The molecule has 3 unspecified atom stereocenters. The van der Waals surface area contributed by atoms with E-state index in [2.05, 4.69) is 19.9 Å². The minimum Gasteiger partial charge on any atom is -0.497 e. The Hall–Kier alpha value is -1.51. The number of benzene rings is 1. The second kappa shape index (κ2) is 6.97. The first kappa shape index (κ1) is 15.9. The van der Waals surface area contributed by atoms with Crippen molar-refractivity contribution < 1.29 is 14.6 Å². The number of carbonyl (C=O) groups is 1. The van der Waals surface area contributed by atoms with Gasteiger partial charge in [0.25, 0.3) is 0 Å². The fourth-order valence-electron chi connectivity index (χ4n) is 3.56. The first-order valence-electron chi connectivity index (χ1n) is 7.87. The van der Waals surface area contributed by atoms with Gasteiger partial charge in [-0.05, 0) is 61.1 Å². The molecule has 116 valence electrons. The maximum absolute atomic E-state index is 11.5. The third-order valence-corrected chi connectivity index (χ3v) is 4.92. The van der Waals surface area contributed by atoms with Crippen LogP contribution in [0.1, 0.15) is 38.7 Å². The highest BCUT2D eigenvalue weighted by Crippen LogP contribution is 2.39. The van der Waals surface area contributed by atoms with Crippen molar-refractivity contribution in [2.75, 3.05) is 7.11 Å². The second-order valence-electron chi connectivity index (χ2n) is 6.58. The van der Waals surface area contributed by atoms with Crippen molar-refractivity contribution in [3.63, 3.8) is 0 Å². The van der Waals surface area contributed by atoms with Crippen LogP contribution in [0.15, 0.2) is 24.3 Å². The highest BCUT2D eigenvalue weighted by molar-refractivity contribution is 5.70. The van der Waals surface area contributed by atoms with E-state index in [1.807, 2.05) is 18.2 Å². The topological polar surface area (TPSA) is 46.5 Å². The van der Waals surface area contributed by atoms with Gasteiger partial charge in [-0.2, -0.15) is 0 Å². The Morgan fingerprint density at radius 1 is 1.38 bits per heavy atom. The summed E-state index contributed by atoms with van der Waals surface area (Å²) < 4.78 is 5.26. The molecule has 1 saturated carbocycles. The molecule has 21 heavy (non-hydrogen) atoms. The Kier molecular flexibility index (Phi) is 5.27. The number of ether oxygens (including phenoxy) is 1. The lowest BCUT2D eigenvalue weighted by Crippen LogP contribution is -2.33. The van der Waals surface area contributed by atoms with Crippen molar-refractivity contribution in [1.29, 1.82) is 0 Å². The largest absolute Gasteiger partial charge is 0.497 e. The molecule has 0 heterocycles. The highest BCUT2D eigenvalue weighted by atomic mass is 16.5. The van der Waals surface area contributed by atoms with E-state index in [-0.39, 0.29) is 11.8 Å². The van der Waals surface area contributed by atoms with Gasteiger partial charge < -0.3 is 9.84 Å². The molecule has 3 heteroatoms. The van der Waals surface area contributed by atoms with E-state index in [1.54, 1.807) is 7.11 Å². The van der Waals surface area contributed by atoms with E-state index in [9.17, 15) is 9.90 Å². The molecule has 0 saturated heterocycles. The zero-order valence-corrected chi connectivity index (χ0v) is 13.2. The highest BCUT2D eigenvalue weighted by Gasteiger charge is 2.35. The maximum Gasteiger partial charge on any atom is 0.306 e. The number of rotatable bonds is 5. The lowest BCUT2D eigenvalue weighted by atomic mass is 9.69. The molecule has 0 aromatic heterocycles. The Balaban J connectivity index is 2.13. The Morgan fingerprint density at radius 2 is 2.14 bits per heavy atom. The molecule has 0 bridgehead atoms. The first-order valence-corrected chi connectivity index (χ1v) is 7.87. The van der Waals surface area contributed by atoms with Gasteiger partial charge in [0.15, 0.2) is 0 Å². The van der Waals surface area contributed by atoms with Crippen molar-refractivity contribution >= 4 is 5.97 Å². The second-order valence-corrected chi connectivity index (χ2v) is 6.58. The van der Waals surface area contributed by atoms with Crippen molar-refractivity contribution in [3.8, 4) is 5.75 Å². The minimum atomic E-state index is -0.634. The van der Waals surface area contributed by atoms with Crippen molar-refractivity contribution in [2.24, 2.45) is 23.7 Å². The van der Waals surface area contributed by atoms with Gasteiger partial charge in [0, 0.05) is 0 Å². The van der Waals surface area contributed by atoms with Crippen LogP contribution in [-0.4, -0.2) is 18.2 Å². The van der Waals surface area contributed by atoms with Crippen LogP contribution in [0, 0.1) is 23.7 Å². The molecular weight excluding hydrogens is 264 g/mol. The summed E-state index contributed by atoms with van der Waals surface area (Å²) in [6, 6.07) is 8.00. The number of hydrogen-bond acceptors (Lipinski definition) is 2. The van der Waals surface area contributed by atoms with E-state index < -0.39 is 5.97 Å². The molecule has 1 aliphatic carbocycles. The monoisotopic (exact) mass is 290 g/mol. The van der Waals surface area contributed by atoms with Gasteiger partial charge in [0.1, 0.15) is 5.75 Å². The van der Waals surface area contributed by atoms with Crippen LogP contribution in [0.3, 0.4) is 0 Å². The quantitative estimate of drug-likeness (QED) is 0.891. The van der Waals surface area contributed by atoms with Crippen LogP contribution < -0.4 is 4.74 Å². The molecule has 3 nitrogen and oxygen atoms in total. The van der Waals surface area contributed by atoms with Gasteiger partial charge >= 0.3 is 5.97 Å². The Morgan fingerprint density at radius 3 is 2.76 bits per heavy atom. The molecule has 0 spiro atoms. The predicted octanol–water partition coefficient (Wildman–Crippen LogP) is 4.01. The number of aliphatic carboxylic acids is 1. The summed E-state index contributed by atoms with van der Waals surface area (Å²) in [5.74, 6) is 1.52. The normalized spacial score (nSPS) is 25.8. The van der Waals surface area contributed by atoms with E-state index >= 15 is 0 Å². The van der Waals surface area contributed by atoms with E-state index in [0.717, 1.165) is 31.4 Å². The van der Waals surface area contributed by atoms with E-state index in [0.29, 0.717) is 11.8 Å². The molecule has 1 aliphatic rings. The lowest BCUT2D eigenvalue weighted by Gasteiger charge is -2.36. The predicted molar refractivity (Wildman–Crippen MR) is 83.5 cm³/mol. The summed E-state index contributed by atoms with van der Waals surface area (Å²) in [6.45, 7) is 4.49. The zero-order chi connectivity index (χ0) is 15.4. The van der Waals surface area contributed by atoms with Crippen molar-refractivity contribution in [3.05, 3.63) is 29.8 Å². The fraction of sp³-hybridized carbons (Fsp3) is 0.611. The number of carboxylic acids is 1. The van der Waals surface area contributed by atoms with Gasteiger partial charge in [-0.3, -0.25) is 4.79 Å². The first-order chi connectivity index (χ1) is 10.0. The van der Waals surface area contributed by atoms with Crippen LogP contribution >= 0.6 is 0 Å². The standard InChI is InChI=1S/C18H26O3/c1-12(2)14-7-8-17(18(19)20)15(11-14)9-13-5-4-6-16(10-13)21-3/h4-6,10,12,14-15,17H,7-9,11H2,1-3H3,(H,19,20). The van der Waals surface area contributed by atoms with E-state index in [1.165, 1.54) is 5.56 Å². The summed E-state index contributed by atoms with van der Waals surface area (Å²) >= 11 is 0. The van der Waals surface area contributed by atoms with Crippen LogP contribution in [-0.2, 0) is 11.2 Å². The molecule has 0 radical (unpaired) electrons. The van der Waals surface area contributed by atoms with Gasteiger partial charge in [0.05, 0.1) is 13.0 Å². The van der Waals surface area contributed by atoms with Crippen LogP contribution in [0.25, 0.3) is 0 Å². The lowest BCUT2D eigenvalue weighted by molar-refractivity contribution is -0.145. The molecule has 1 fully saturated rings. The summed E-state index contributed by atoms with van der Waals surface area (Å²) in [7, 11) is 1.66. The third-order valence-electron chi connectivity index (χ3n) is 4.92. The minimum absolute atomic E-state index is 0.203. The van der Waals surface area contributed by atoms with Gasteiger partial charge in [-0.25, -0.2) is 0 Å². The zero-order valence-electron chi connectivity index (χ0n) is 13.2. The van der Waals surface area contributed by atoms with Crippen LogP contribution in [0.5, 0.6) is 5.75 Å². The van der Waals surface area contributed by atoms with E-state index in [4.69, 9.17) is 4.74 Å². The average molecular weight is 290 g/mol. The number of carboxylic acid groups (broad SMARTS) is 1.